The number of rotatable bonds is 3. The Morgan fingerprint density at radius 3 is 2.45 bits per heavy atom. The van der Waals surface area contributed by atoms with Crippen LogP contribution in [0.3, 0.4) is 0 Å². The first kappa shape index (κ1) is 14.2. The zero-order valence-corrected chi connectivity index (χ0v) is 11.3. The fourth-order valence-corrected chi connectivity index (χ4v) is 2.35. The molecule has 20 heavy (non-hydrogen) atoms. The van der Waals surface area contributed by atoms with Gasteiger partial charge in [-0.2, -0.15) is 0 Å². The predicted molar refractivity (Wildman–Crippen MR) is 77.2 cm³/mol. The first-order chi connectivity index (χ1) is 9.68. The van der Waals surface area contributed by atoms with Crippen LogP contribution in [0.15, 0.2) is 30.3 Å². The lowest BCUT2D eigenvalue weighted by molar-refractivity contribution is -0.385. The Kier molecular flexibility index (Phi) is 4.87. The second kappa shape index (κ2) is 6.84. The third-order valence-electron chi connectivity index (χ3n) is 3.46. The number of nitro groups is 1. The number of nitro benzene ring substituents is 1. The molecule has 2 rings (SSSR count). The molecule has 0 aromatic heterocycles. The van der Waals surface area contributed by atoms with Gasteiger partial charge in [-0.05, 0) is 25.0 Å². The van der Waals surface area contributed by atoms with Crippen molar-refractivity contribution in [3.8, 4) is 0 Å². The van der Waals surface area contributed by atoms with E-state index in [0.29, 0.717) is 5.56 Å². The van der Waals surface area contributed by atoms with E-state index < -0.39 is 4.92 Å². The van der Waals surface area contributed by atoms with Gasteiger partial charge in [0.25, 0.3) is 5.69 Å². The van der Waals surface area contributed by atoms with E-state index in [0.717, 1.165) is 38.8 Å². The first-order valence-corrected chi connectivity index (χ1v) is 6.89. The lowest BCUT2D eigenvalue weighted by Gasteiger charge is -2.17. The zero-order valence-electron chi connectivity index (χ0n) is 11.3. The van der Waals surface area contributed by atoms with Crippen molar-refractivity contribution in [1.29, 1.82) is 0 Å². The highest BCUT2D eigenvalue weighted by atomic mass is 16.6. The van der Waals surface area contributed by atoms with Gasteiger partial charge in [0.1, 0.15) is 0 Å². The average molecular weight is 274 g/mol. The number of amides is 1. The molecule has 5 nitrogen and oxygen atoms in total. The summed E-state index contributed by atoms with van der Waals surface area (Å²) < 4.78 is 0. The van der Waals surface area contributed by atoms with Crippen LogP contribution in [-0.2, 0) is 4.79 Å². The van der Waals surface area contributed by atoms with E-state index in [2.05, 4.69) is 0 Å². The number of nitrogens with zero attached hydrogens (tertiary/aromatic N) is 2. The molecule has 1 aliphatic heterocycles. The van der Waals surface area contributed by atoms with Crippen LogP contribution >= 0.6 is 0 Å². The standard InChI is InChI=1S/C15H18N2O3/c18-15(16-11-5-1-2-6-12-16)10-9-13-7-3-4-8-14(13)17(19)20/h3-4,7-10H,1-2,5-6,11-12H2. The molecule has 1 saturated heterocycles. The summed E-state index contributed by atoms with van der Waals surface area (Å²) in [4.78, 5) is 24.3. The summed E-state index contributed by atoms with van der Waals surface area (Å²) in [5.41, 5.74) is 0.480. The molecule has 106 valence electrons. The third-order valence-corrected chi connectivity index (χ3v) is 3.46. The molecule has 1 aliphatic rings. The minimum absolute atomic E-state index is 0.0208. The number of para-hydroxylation sites is 1. The van der Waals surface area contributed by atoms with E-state index in [9.17, 15) is 14.9 Å². The first-order valence-electron chi connectivity index (χ1n) is 6.89. The third kappa shape index (κ3) is 3.66. The number of carbonyl (C=O) groups excluding carboxylic acids is 1. The van der Waals surface area contributed by atoms with Crippen molar-refractivity contribution in [3.63, 3.8) is 0 Å². The molecule has 1 aromatic rings. The molecule has 0 bridgehead atoms. The average Bonchev–Trinajstić information content (AvgIpc) is 2.74. The topological polar surface area (TPSA) is 63.4 Å². The fraction of sp³-hybridized carbons (Fsp3) is 0.400. The Morgan fingerprint density at radius 1 is 1.15 bits per heavy atom. The summed E-state index contributed by atoms with van der Waals surface area (Å²) in [6.45, 7) is 1.56. The predicted octanol–water partition coefficient (Wildman–Crippen LogP) is 3.01. The van der Waals surface area contributed by atoms with Crippen LogP contribution in [0.2, 0.25) is 0 Å². The maximum atomic E-state index is 12.1. The lowest BCUT2D eigenvalue weighted by atomic mass is 10.1. The van der Waals surface area contributed by atoms with Crippen molar-refractivity contribution in [2.45, 2.75) is 25.7 Å². The van der Waals surface area contributed by atoms with E-state index in [1.54, 1.807) is 18.2 Å². The van der Waals surface area contributed by atoms with Crippen molar-refractivity contribution in [2.75, 3.05) is 13.1 Å². The SMILES string of the molecule is O=C(C=Cc1ccccc1[N+](=O)[O-])N1CCCCCC1. The van der Waals surface area contributed by atoms with E-state index in [4.69, 9.17) is 0 Å². The molecule has 0 saturated carbocycles. The molecular weight excluding hydrogens is 256 g/mol. The highest BCUT2D eigenvalue weighted by Gasteiger charge is 2.14. The number of benzene rings is 1. The molecule has 0 atom stereocenters. The quantitative estimate of drug-likeness (QED) is 0.483. The van der Waals surface area contributed by atoms with Crippen LogP contribution in [0.4, 0.5) is 5.69 Å². The summed E-state index contributed by atoms with van der Waals surface area (Å²) in [5.74, 6) is -0.0648. The minimum atomic E-state index is -0.434. The van der Waals surface area contributed by atoms with Gasteiger partial charge in [-0.25, -0.2) is 0 Å². The Hall–Kier alpha value is -2.17. The number of likely N-dealkylation sites (tertiary alicyclic amines) is 1. The van der Waals surface area contributed by atoms with Crippen LogP contribution < -0.4 is 0 Å². The lowest BCUT2D eigenvalue weighted by Crippen LogP contribution is -2.30. The number of hydrogen-bond acceptors (Lipinski definition) is 3. The highest BCUT2D eigenvalue weighted by Crippen LogP contribution is 2.19. The van der Waals surface area contributed by atoms with Crippen molar-refractivity contribution in [1.82, 2.24) is 4.90 Å². The Morgan fingerprint density at radius 2 is 1.80 bits per heavy atom. The monoisotopic (exact) mass is 274 g/mol. The molecule has 0 radical (unpaired) electrons. The van der Waals surface area contributed by atoms with Gasteiger partial charge in [-0.15, -0.1) is 0 Å². The molecule has 0 spiro atoms. The summed E-state index contributed by atoms with van der Waals surface area (Å²) >= 11 is 0. The Labute approximate surface area is 118 Å². The molecule has 0 N–H and O–H groups in total. The van der Waals surface area contributed by atoms with E-state index >= 15 is 0 Å². The van der Waals surface area contributed by atoms with Gasteiger partial charge in [-0.3, -0.25) is 14.9 Å². The fourth-order valence-electron chi connectivity index (χ4n) is 2.35. The van der Waals surface area contributed by atoms with Crippen molar-refractivity contribution in [2.24, 2.45) is 0 Å². The smallest absolute Gasteiger partial charge is 0.276 e. The Bertz CT molecular complexity index is 518. The molecule has 0 unspecified atom stereocenters. The summed E-state index contributed by atoms with van der Waals surface area (Å²) in [7, 11) is 0. The van der Waals surface area contributed by atoms with Gasteiger partial charge < -0.3 is 4.90 Å². The molecule has 5 heteroatoms. The maximum absolute atomic E-state index is 12.1. The second-order valence-electron chi connectivity index (χ2n) is 4.89. The molecular formula is C15H18N2O3. The van der Waals surface area contributed by atoms with Gasteiger partial charge in [0.05, 0.1) is 10.5 Å². The summed E-state index contributed by atoms with van der Waals surface area (Å²) in [6.07, 6.45) is 7.37. The highest BCUT2D eigenvalue weighted by molar-refractivity contribution is 5.92. The van der Waals surface area contributed by atoms with Crippen molar-refractivity contribution in [3.05, 3.63) is 46.0 Å². The van der Waals surface area contributed by atoms with Crippen LogP contribution in [0, 0.1) is 10.1 Å². The van der Waals surface area contributed by atoms with Gasteiger partial charge in [0.2, 0.25) is 5.91 Å². The van der Waals surface area contributed by atoms with E-state index in [1.165, 1.54) is 18.2 Å². The van der Waals surface area contributed by atoms with E-state index in [-0.39, 0.29) is 11.6 Å². The van der Waals surface area contributed by atoms with Crippen LogP contribution in [-0.4, -0.2) is 28.8 Å². The van der Waals surface area contributed by atoms with Crippen LogP contribution in [0.5, 0.6) is 0 Å². The van der Waals surface area contributed by atoms with Gasteiger partial charge >= 0.3 is 0 Å². The largest absolute Gasteiger partial charge is 0.339 e. The molecule has 0 aliphatic carbocycles. The van der Waals surface area contributed by atoms with Crippen molar-refractivity contribution < 1.29 is 9.72 Å². The minimum Gasteiger partial charge on any atom is -0.339 e. The second-order valence-corrected chi connectivity index (χ2v) is 4.89. The van der Waals surface area contributed by atoms with Gasteiger partial charge in [-0.1, -0.05) is 25.0 Å². The molecule has 1 heterocycles. The van der Waals surface area contributed by atoms with Crippen molar-refractivity contribution >= 4 is 17.7 Å². The maximum Gasteiger partial charge on any atom is 0.276 e. The Balaban J connectivity index is 2.08. The number of carbonyl (C=O) groups is 1. The number of hydrogen-bond donors (Lipinski definition) is 0. The van der Waals surface area contributed by atoms with Crippen LogP contribution in [0.25, 0.3) is 6.08 Å². The molecule has 1 aromatic carbocycles. The van der Waals surface area contributed by atoms with Gasteiger partial charge in [0, 0.05) is 25.2 Å². The van der Waals surface area contributed by atoms with Gasteiger partial charge in [0.15, 0.2) is 0 Å². The molecule has 1 fully saturated rings. The molecule has 1 amide bonds. The van der Waals surface area contributed by atoms with E-state index in [1.807, 2.05) is 4.90 Å². The van der Waals surface area contributed by atoms with Crippen LogP contribution in [0.1, 0.15) is 31.2 Å². The summed E-state index contributed by atoms with van der Waals surface area (Å²) in [6, 6.07) is 6.43. The summed E-state index contributed by atoms with van der Waals surface area (Å²) in [5, 5.41) is 10.9. The normalized spacial score (nSPS) is 16.1. The zero-order chi connectivity index (χ0) is 14.4.